The van der Waals surface area contributed by atoms with Gasteiger partial charge in [0, 0.05) is 23.1 Å². The van der Waals surface area contributed by atoms with E-state index in [4.69, 9.17) is 4.74 Å². The fourth-order valence-electron chi connectivity index (χ4n) is 2.57. The summed E-state index contributed by atoms with van der Waals surface area (Å²) in [7, 11) is 1.58. The Morgan fingerprint density at radius 2 is 2.07 bits per heavy atom. The first-order valence-corrected chi connectivity index (χ1v) is 9.35. The second-order valence-corrected chi connectivity index (χ2v) is 6.84. The molecule has 144 valence electrons. The van der Waals surface area contributed by atoms with E-state index in [9.17, 15) is 20.2 Å². The lowest BCUT2D eigenvalue weighted by Gasteiger charge is -2.02. The monoisotopic (exact) mass is 405 g/mol. The van der Waals surface area contributed by atoms with E-state index < -0.39 is 16.6 Å². The van der Waals surface area contributed by atoms with E-state index in [-0.39, 0.29) is 5.69 Å². The van der Waals surface area contributed by atoms with Gasteiger partial charge in [-0.3, -0.25) is 14.9 Å². The Kier molecular flexibility index (Phi) is 6.12. The molecule has 1 unspecified atom stereocenters. The van der Waals surface area contributed by atoms with Crippen LogP contribution in [0.15, 0.2) is 60.0 Å². The van der Waals surface area contributed by atoms with E-state index in [1.807, 2.05) is 30.3 Å². The van der Waals surface area contributed by atoms with Crippen molar-refractivity contribution in [1.29, 1.82) is 5.26 Å². The SMILES string of the molecule is COc1ccc(-c2csc(C(C#N)C(=O)/C=C/c3cccc([N+](=O)[O-])c3)n2)cc1. The van der Waals surface area contributed by atoms with Crippen LogP contribution >= 0.6 is 11.3 Å². The molecule has 0 aliphatic heterocycles. The fraction of sp³-hybridized carbons (Fsp3) is 0.0952. The lowest BCUT2D eigenvalue weighted by molar-refractivity contribution is -0.384. The minimum absolute atomic E-state index is 0.0690. The van der Waals surface area contributed by atoms with Crippen LogP contribution in [0.25, 0.3) is 17.3 Å². The zero-order valence-electron chi connectivity index (χ0n) is 15.3. The topological polar surface area (TPSA) is 106 Å². The van der Waals surface area contributed by atoms with Gasteiger partial charge in [0.2, 0.25) is 0 Å². The van der Waals surface area contributed by atoms with Gasteiger partial charge in [0.05, 0.1) is 23.8 Å². The number of nitrogens with zero attached hydrogens (tertiary/aromatic N) is 3. The average Bonchev–Trinajstić information content (AvgIpc) is 3.23. The Bertz CT molecular complexity index is 1110. The van der Waals surface area contributed by atoms with Gasteiger partial charge >= 0.3 is 0 Å². The summed E-state index contributed by atoms with van der Waals surface area (Å²) in [5, 5.41) is 22.5. The standard InChI is InChI=1S/C21H15N3O4S/c1-28-17-8-6-15(7-9-17)19-13-29-21(23-19)18(12-22)20(25)10-5-14-3-2-4-16(11-14)24(26)27/h2-11,13,18H,1H3/b10-5+. The molecule has 0 N–H and O–H groups in total. The zero-order valence-corrected chi connectivity index (χ0v) is 16.1. The maximum absolute atomic E-state index is 12.5. The van der Waals surface area contributed by atoms with Gasteiger partial charge < -0.3 is 4.74 Å². The highest BCUT2D eigenvalue weighted by molar-refractivity contribution is 7.10. The lowest BCUT2D eigenvalue weighted by atomic mass is 10.0. The smallest absolute Gasteiger partial charge is 0.270 e. The van der Waals surface area contributed by atoms with Crippen LogP contribution < -0.4 is 4.74 Å². The number of hydrogen-bond acceptors (Lipinski definition) is 7. The minimum Gasteiger partial charge on any atom is -0.497 e. The van der Waals surface area contributed by atoms with Crippen molar-refractivity contribution in [3.63, 3.8) is 0 Å². The van der Waals surface area contributed by atoms with Gasteiger partial charge in [-0.2, -0.15) is 5.26 Å². The van der Waals surface area contributed by atoms with Gasteiger partial charge in [-0.1, -0.05) is 18.2 Å². The molecule has 0 bridgehead atoms. The molecule has 0 fully saturated rings. The van der Waals surface area contributed by atoms with Crippen molar-refractivity contribution >= 4 is 28.9 Å². The van der Waals surface area contributed by atoms with E-state index in [0.717, 1.165) is 11.3 Å². The first-order valence-electron chi connectivity index (χ1n) is 8.47. The molecule has 0 saturated carbocycles. The number of nitro benzene ring substituents is 1. The maximum atomic E-state index is 12.5. The summed E-state index contributed by atoms with van der Waals surface area (Å²) in [4.78, 5) is 27.3. The number of benzene rings is 2. The molecule has 7 nitrogen and oxygen atoms in total. The molecule has 1 heterocycles. The summed E-state index contributed by atoms with van der Waals surface area (Å²) < 4.78 is 5.13. The van der Waals surface area contributed by atoms with Crippen molar-refractivity contribution in [2.45, 2.75) is 5.92 Å². The highest BCUT2D eigenvalue weighted by Crippen LogP contribution is 2.28. The van der Waals surface area contributed by atoms with Gasteiger partial charge in [0.1, 0.15) is 10.8 Å². The summed E-state index contributed by atoms with van der Waals surface area (Å²) in [5.41, 5.74) is 1.95. The Morgan fingerprint density at radius 1 is 1.31 bits per heavy atom. The van der Waals surface area contributed by atoms with Gasteiger partial charge in [0.25, 0.3) is 5.69 Å². The molecule has 0 aliphatic carbocycles. The number of ketones is 1. The average molecular weight is 405 g/mol. The second kappa shape index (κ2) is 8.91. The van der Waals surface area contributed by atoms with Crippen LogP contribution in [0.1, 0.15) is 16.5 Å². The predicted molar refractivity (Wildman–Crippen MR) is 110 cm³/mol. The molecule has 1 aromatic heterocycles. The van der Waals surface area contributed by atoms with Gasteiger partial charge in [-0.05, 0) is 35.9 Å². The first-order chi connectivity index (χ1) is 14.0. The van der Waals surface area contributed by atoms with E-state index in [1.54, 1.807) is 18.6 Å². The number of carbonyl (C=O) groups excluding carboxylic acids is 1. The van der Waals surface area contributed by atoms with Gasteiger partial charge in [-0.15, -0.1) is 11.3 Å². The fourth-order valence-corrected chi connectivity index (χ4v) is 3.45. The number of rotatable bonds is 7. The van der Waals surface area contributed by atoms with Crippen LogP contribution in [0.4, 0.5) is 5.69 Å². The van der Waals surface area contributed by atoms with Crippen molar-refractivity contribution in [3.05, 3.63) is 80.7 Å². The quantitative estimate of drug-likeness (QED) is 0.323. The number of non-ortho nitro benzene ring substituents is 1. The van der Waals surface area contributed by atoms with Crippen LogP contribution in [0.2, 0.25) is 0 Å². The number of hydrogen-bond donors (Lipinski definition) is 0. The third-order valence-electron chi connectivity index (χ3n) is 4.09. The van der Waals surface area contributed by atoms with Crippen LogP contribution in [-0.2, 0) is 4.79 Å². The van der Waals surface area contributed by atoms with Crippen LogP contribution in [0, 0.1) is 21.4 Å². The second-order valence-electron chi connectivity index (χ2n) is 5.95. The van der Waals surface area contributed by atoms with E-state index in [1.165, 1.54) is 41.7 Å². The highest BCUT2D eigenvalue weighted by Gasteiger charge is 2.22. The summed E-state index contributed by atoms with van der Waals surface area (Å²) in [6.07, 6.45) is 2.71. The van der Waals surface area contributed by atoms with Crippen molar-refractivity contribution in [2.24, 2.45) is 0 Å². The number of thiazole rings is 1. The van der Waals surface area contributed by atoms with E-state index in [2.05, 4.69) is 4.98 Å². The molecule has 0 spiro atoms. The minimum atomic E-state index is -1.04. The van der Waals surface area contributed by atoms with E-state index in [0.29, 0.717) is 16.3 Å². The Morgan fingerprint density at radius 3 is 2.72 bits per heavy atom. The summed E-state index contributed by atoms with van der Waals surface area (Å²) >= 11 is 1.23. The molecule has 0 radical (unpaired) electrons. The number of ether oxygens (including phenoxy) is 1. The van der Waals surface area contributed by atoms with Crippen LogP contribution in [-0.4, -0.2) is 22.8 Å². The van der Waals surface area contributed by atoms with E-state index >= 15 is 0 Å². The number of carbonyl (C=O) groups is 1. The zero-order chi connectivity index (χ0) is 20.8. The van der Waals surface area contributed by atoms with Crippen molar-refractivity contribution in [3.8, 4) is 23.1 Å². The summed E-state index contributed by atoms with van der Waals surface area (Å²) in [6.45, 7) is 0. The summed E-state index contributed by atoms with van der Waals surface area (Å²) in [5.74, 6) is -0.753. The Labute approximate surface area is 170 Å². The Balaban J connectivity index is 1.78. The summed E-state index contributed by atoms with van der Waals surface area (Å²) in [6, 6.07) is 15.2. The molecular formula is C21H15N3O4S. The molecule has 3 aromatic rings. The molecule has 8 heteroatoms. The molecular weight excluding hydrogens is 390 g/mol. The van der Waals surface area contributed by atoms with Crippen molar-refractivity contribution in [1.82, 2.24) is 4.98 Å². The molecule has 0 aliphatic rings. The highest BCUT2D eigenvalue weighted by atomic mass is 32.1. The molecule has 0 amide bonds. The van der Waals surface area contributed by atoms with Crippen LogP contribution in [0.5, 0.6) is 5.75 Å². The van der Waals surface area contributed by atoms with Crippen LogP contribution in [0.3, 0.4) is 0 Å². The molecule has 29 heavy (non-hydrogen) atoms. The maximum Gasteiger partial charge on any atom is 0.270 e. The predicted octanol–water partition coefficient (Wildman–Crippen LogP) is 4.62. The lowest BCUT2D eigenvalue weighted by Crippen LogP contribution is -2.07. The number of aromatic nitrogens is 1. The first kappa shape index (κ1) is 19.9. The molecule has 3 rings (SSSR count). The molecule has 2 aromatic carbocycles. The third kappa shape index (κ3) is 4.72. The number of allylic oxidation sites excluding steroid dienone is 1. The third-order valence-corrected chi connectivity index (χ3v) is 5.00. The van der Waals surface area contributed by atoms with Crippen molar-refractivity contribution in [2.75, 3.05) is 7.11 Å². The van der Waals surface area contributed by atoms with Gasteiger partial charge in [-0.25, -0.2) is 4.98 Å². The molecule has 1 atom stereocenters. The Hall–Kier alpha value is -3.83. The number of nitriles is 1. The number of methoxy groups -OCH3 is 1. The molecule has 0 saturated heterocycles. The largest absolute Gasteiger partial charge is 0.497 e. The van der Waals surface area contributed by atoms with Gasteiger partial charge in [0.15, 0.2) is 11.7 Å². The normalized spacial score (nSPS) is 11.7. The van der Waals surface area contributed by atoms with Crippen molar-refractivity contribution < 1.29 is 14.5 Å². The number of nitro groups is 1.